The van der Waals surface area contributed by atoms with Crippen LogP contribution in [-0.4, -0.2) is 15.0 Å². The number of hydrogen-bond acceptors (Lipinski definition) is 3. The highest BCUT2D eigenvalue weighted by atomic mass is 16.1. The van der Waals surface area contributed by atoms with Crippen LogP contribution in [0.3, 0.4) is 0 Å². The lowest BCUT2D eigenvalue weighted by atomic mass is 10.1. The van der Waals surface area contributed by atoms with E-state index in [0.717, 1.165) is 5.56 Å². The van der Waals surface area contributed by atoms with Crippen molar-refractivity contribution in [3.05, 3.63) is 46.6 Å². The summed E-state index contributed by atoms with van der Waals surface area (Å²) in [7, 11) is 0. The van der Waals surface area contributed by atoms with Gasteiger partial charge in [0.05, 0.1) is 0 Å². The lowest BCUT2D eigenvalue weighted by Gasteiger charge is -2.04. The third-order valence-corrected chi connectivity index (χ3v) is 2.38. The summed E-state index contributed by atoms with van der Waals surface area (Å²) in [6, 6.07) is 3.67. The zero-order chi connectivity index (χ0) is 11.5. The Bertz CT molecular complexity index is 531. The first-order valence-corrected chi connectivity index (χ1v) is 5.18. The van der Waals surface area contributed by atoms with Crippen molar-refractivity contribution in [2.24, 2.45) is 0 Å². The fourth-order valence-electron chi connectivity index (χ4n) is 1.47. The highest BCUT2D eigenvalue weighted by Crippen LogP contribution is 2.12. The van der Waals surface area contributed by atoms with E-state index in [9.17, 15) is 4.79 Å². The van der Waals surface area contributed by atoms with E-state index < -0.39 is 0 Å². The summed E-state index contributed by atoms with van der Waals surface area (Å²) >= 11 is 0. The third-order valence-electron chi connectivity index (χ3n) is 2.38. The van der Waals surface area contributed by atoms with Gasteiger partial charge in [-0.2, -0.15) is 0 Å². The van der Waals surface area contributed by atoms with E-state index in [1.165, 1.54) is 0 Å². The van der Waals surface area contributed by atoms with E-state index in [1.807, 2.05) is 26.0 Å². The second-order valence-corrected chi connectivity index (χ2v) is 3.91. The molecule has 0 aliphatic heterocycles. The van der Waals surface area contributed by atoms with Gasteiger partial charge < -0.3 is 4.98 Å². The molecular weight excluding hydrogens is 202 g/mol. The molecule has 0 saturated heterocycles. The van der Waals surface area contributed by atoms with Gasteiger partial charge in [0.2, 0.25) is 0 Å². The Hall–Kier alpha value is -1.97. The zero-order valence-electron chi connectivity index (χ0n) is 9.27. The first kappa shape index (κ1) is 10.5. The SMILES string of the molecule is CC(C)c1cnc(-c2cccnc2)[nH]c1=O. The molecule has 0 aliphatic carbocycles. The fraction of sp³-hybridized carbons (Fsp3) is 0.250. The van der Waals surface area contributed by atoms with Gasteiger partial charge in [-0.3, -0.25) is 9.78 Å². The van der Waals surface area contributed by atoms with Crippen LogP contribution in [0.1, 0.15) is 25.3 Å². The lowest BCUT2D eigenvalue weighted by Crippen LogP contribution is -2.15. The first-order valence-electron chi connectivity index (χ1n) is 5.18. The summed E-state index contributed by atoms with van der Waals surface area (Å²) in [5, 5.41) is 0. The average Bonchev–Trinajstić information content (AvgIpc) is 2.29. The molecule has 4 nitrogen and oxygen atoms in total. The third kappa shape index (κ3) is 2.00. The van der Waals surface area contributed by atoms with E-state index in [-0.39, 0.29) is 11.5 Å². The minimum Gasteiger partial charge on any atom is -0.306 e. The van der Waals surface area contributed by atoms with E-state index in [0.29, 0.717) is 11.4 Å². The van der Waals surface area contributed by atoms with E-state index in [4.69, 9.17) is 0 Å². The molecule has 0 atom stereocenters. The van der Waals surface area contributed by atoms with Crippen LogP contribution in [0, 0.1) is 0 Å². The van der Waals surface area contributed by atoms with Crippen LogP contribution >= 0.6 is 0 Å². The monoisotopic (exact) mass is 215 g/mol. The molecule has 0 fully saturated rings. The van der Waals surface area contributed by atoms with Crippen LogP contribution in [-0.2, 0) is 0 Å². The van der Waals surface area contributed by atoms with Crippen LogP contribution in [0.5, 0.6) is 0 Å². The van der Waals surface area contributed by atoms with Crippen molar-refractivity contribution >= 4 is 0 Å². The topological polar surface area (TPSA) is 58.6 Å². The standard InChI is InChI=1S/C12H13N3O/c1-8(2)10-7-14-11(15-12(10)16)9-4-3-5-13-6-9/h3-8H,1-2H3,(H,14,15,16). The summed E-state index contributed by atoms with van der Waals surface area (Å²) in [5.41, 5.74) is 1.44. The molecule has 2 aromatic rings. The highest BCUT2D eigenvalue weighted by molar-refractivity contribution is 5.52. The van der Waals surface area contributed by atoms with E-state index >= 15 is 0 Å². The Labute approximate surface area is 93.4 Å². The molecule has 1 N–H and O–H groups in total. The normalized spacial score (nSPS) is 10.7. The Morgan fingerprint density at radius 2 is 2.12 bits per heavy atom. The number of rotatable bonds is 2. The molecule has 0 spiro atoms. The Morgan fingerprint density at radius 3 is 2.69 bits per heavy atom. The zero-order valence-corrected chi connectivity index (χ0v) is 9.27. The molecule has 2 aromatic heterocycles. The van der Waals surface area contributed by atoms with Gasteiger partial charge in [0.25, 0.3) is 5.56 Å². The van der Waals surface area contributed by atoms with Crippen molar-refractivity contribution < 1.29 is 0 Å². The second kappa shape index (κ2) is 4.26. The van der Waals surface area contributed by atoms with Crippen molar-refractivity contribution in [3.8, 4) is 11.4 Å². The summed E-state index contributed by atoms with van der Waals surface area (Å²) in [6.07, 6.45) is 4.99. The summed E-state index contributed by atoms with van der Waals surface area (Å²) in [4.78, 5) is 22.7. The van der Waals surface area contributed by atoms with Crippen molar-refractivity contribution in [2.75, 3.05) is 0 Å². The summed E-state index contributed by atoms with van der Waals surface area (Å²) in [5.74, 6) is 0.738. The molecule has 2 heterocycles. The average molecular weight is 215 g/mol. The number of aromatic amines is 1. The Kier molecular flexibility index (Phi) is 2.81. The molecule has 0 saturated carbocycles. The number of hydrogen-bond donors (Lipinski definition) is 1. The molecule has 0 bridgehead atoms. The van der Waals surface area contributed by atoms with Gasteiger partial charge >= 0.3 is 0 Å². The van der Waals surface area contributed by atoms with Gasteiger partial charge in [-0.15, -0.1) is 0 Å². The van der Waals surface area contributed by atoms with Crippen LogP contribution < -0.4 is 5.56 Å². The van der Waals surface area contributed by atoms with Crippen LogP contribution in [0.15, 0.2) is 35.5 Å². The summed E-state index contributed by atoms with van der Waals surface area (Å²) in [6.45, 7) is 3.94. The van der Waals surface area contributed by atoms with Gasteiger partial charge in [-0.05, 0) is 18.1 Å². The number of aromatic nitrogens is 3. The molecular formula is C12H13N3O. The predicted molar refractivity (Wildman–Crippen MR) is 62.2 cm³/mol. The highest BCUT2D eigenvalue weighted by Gasteiger charge is 2.07. The van der Waals surface area contributed by atoms with Gasteiger partial charge in [0, 0.05) is 29.7 Å². The number of pyridine rings is 1. The first-order chi connectivity index (χ1) is 7.68. The van der Waals surface area contributed by atoms with Crippen LogP contribution in [0.4, 0.5) is 0 Å². The maximum absolute atomic E-state index is 11.7. The molecule has 0 aromatic carbocycles. The van der Waals surface area contributed by atoms with Crippen molar-refractivity contribution in [3.63, 3.8) is 0 Å². The smallest absolute Gasteiger partial charge is 0.254 e. The largest absolute Gasteiger partial charge is 0.306 e. The fourth-order valence-corrected chi connectivity index (χ4v) is 1.47. The Morgan fingerprint density at radius 1 is 1.31 bits per heavy atom. The van der Waals surface area contributed by atoms with E-state index in [1.54, 1.807) is 18.6 Å². The molecule has 0 aliphatic rings. The molecule has 2 rings (SSSR count). The predicted octanol–water partition coefficient (Wildman–Crippen LogP) is 1.96. The van der Waals surface area contributed by atoms with Crippen LogP contribution in [0.25, 0.3) is 11.4 Å². The number of nitrogens with one attached hydrogen (secondary N) is 1. The summed E-state index contributed by atoms with van der Waals surface area (Å²) < 4.78 is 0. The van der Waals surface area contributed by atoms with Gasteiger partial charge in [-0.1, -0.05) is 13.8 Å². The molecule has 16 heavy (non-hydrogen) atoms. The second-order valence-electron chi connectivity index (χ2n) is 3.91. The molecule has 0 amide bonds. The number of nitrogens with zero attached hydrogens (tertiary/aromatic N) is 2. The maximum atomic E-state index is 11.7. The van der Waals surface area contributed by atoms with Gasteiger partial charge in [-0.25, -0.2) is 4.98 Å². The van der Waals surface area contributed by atoms with Gasteiger partial charge in [0.1, 0.15) is 5.82 Å². The quantitative estimate of drug-likeness (QED) is 0.833. The lowest BCUT2D eigenvalue weighted by molar-refractivity contribution is 0.831. The molecule has 0 radical (unpaired) electrons. The van der Waals surface area contributed by atoms with Crippen molar-refractivity contribution in [1.82, 2.24) is 15.0 Å². The van der Waals surface area contributed by atoms with Crippen LogP contribution in [0.2, 0.25) is 0 Å². The molecule has 82 valence electrons. The number of H-pyrrole nitrogens is 1. The maximum Gasteiger partial charge on any atom is 0.254 e. The van der Waals surface area contributed by atoms with Gasteiger partial charge in [0.15, 0.2) is 0 Å². The molecule has 0 unspecified atom stereocenters. The van der Waals surface area contributed by atoms with Crippen molar-refractivity contribution in [2.45, 2.75) is 19.8 Å². The molecule has 4 heteroatoms. The Balaban J connectivity index is 2.47. The van der Waals surface area contributed by atoms with Crippen molar-refractivity contribution in [1.29, 1.82) is 0 Å². The van der Waals surface area contributed by atoms with E-state index in [2.05, 4.69) is 15.0 Å². The minimum absolute atomic E-state index is 0.0798. The minimum atomic E-state index is -0.0798.